The van der Waals surface area contributed by atoms with Crippen LogP contribution in [0.2, 0.25) is 0 Å². The lowest BCUT2D eigenvalue weighted by atomic mass is 9.96. The Morgan fingerprint density at radius 1 is 1.03 bits per heavy atom. The van der Waals surface area contributed by atoms with Crippen LogP contribution in [0, 0.1) is 5.82 Å². The minimum Gasteiger partial charge on any atom is -0.384 e. The second-order valence-corrected chi connectivity index (χ2v) is 9.81. The molecule has 0 radical (unpaired) electrons. The van der Waals surface area contributed by atoms with Crippen molar-refractivity contribution in [2.24, 2.45) is 0 Å². The molecule has 8 heteroatoms. The van der Waals surface area contributed by atoms with Crippen LogP contribution in [0.5, 0.6) is 0 Å². The predicted octanol–water partition coefficient (Wildman–Crippen LogP) is 5.07. The van der Waals surface area contributed by atoms with Gasteiger partial charge in [0.15, 0.2) is 11.5 Å². The van der Waals surface area contributed by atoms with Crippen molar-refractivity contribution in [3.8, 4) is 5.82 Å². The molecule has 176 valence electrons. The highest BCUT2D eigenvalue weighted by Crippen LogP contribution is 2.45. The minimum atomic E-state index is -0.271. The Kier molecular flexibility index (Phi) is 4.63. The van der Waals surface area contributed by atoms with Gasteiger partial charge in [0.2, 0.25) is 5.95 Å². The average Bonchev–Trinajstić information content (AvgIpc) is 3.59. The summed E-state index contributed by atoms with van der Waals surface area (Å²) in [7, 11) is 0. The van der Waals surface area contributed by atoms with Crippen molar-refractivity contribution in [2.45, 2.75) is 50.1 Å². The van der Waals surface area contributed by atoms with Gasteiger partial charge in [-0.2, -0.15) is 4.98 Å². The van der Waals surface area contributed by atoms with Crippen molar-refractivity contribution in [2.75, 3.05) is 11.1 Å². The number of anilines is 3. The highest BCUT2D eigenvalue weighted by atomic mass is 19.1. The lowest BCUT2D eigenvalue weighted by molar-refractivity contribution is 0.575. The summed E-state index contributed by atoms with van der Waals surface area (Å²) in [6.07, 6.45) is 9.38. The Labute approximate surface area is 202 Å². The van der Waals surface area contributed by atoms with E-state index >= 15 is 4.39 Å². The first-order chi connectivity index (χ1) is 17.1. The number of nitrogens with one attached hydrogen (secondary N) is 2. The molecule has 7 rings (SSSR count). The van der Waals surface area contributed by atoms with Crippen LogP contribution < -0.4 is 16.4 Å². The summed E-state index contributed by atoms with van der Waals surface area (Å²) >= 11 is 0. The molecule has 35 heavy (non-hydrogen) atoms. The summed E-state index contributed by atoms with van der Waals surface area (Å²) in [5.74, 6) is 1.26. The fourth-order valence-corrected chi connectivity index (χ4v) is 5.45. The molecule has 0 amide bonds. The predicted molar refractivity (Wildman–Crippen MR) is 135 cm³/mol. The zero-order chi connectivity index (χ0) is 23.5. The Hall–Kier alpha value is -3.78. The second-order valence-electron chi connectivity index (χ2n) is 9.81. The Balaban J connectivity index is 1.22. The largest absolute Gasteiger partial charge is 0.384 e. The topological polar surface area (TPSA) is 93.7 Å². The second kappa shape index (κ2) is 7.88. The summed E-state index contributed by atoms with van der Waals surface area (Å²) in [6, 6.07) is 14.9. The molecule has 3 aromatic heterocycles. The summed E-state index contributed by atoms with van der Waals surface area (Å²) < 4.78 is 17.2. The molecule has 1 aromatic carbocycles. The summed E-state index contributed by atoms with van der Waals surface area (Å²) in [4.78, 5) is 13.6. The standard InChI is InChI=1S/C27H26FN7/c28-24-21-14-30-27(32-18-8-6-15(7-9-18)17-12-19-10-11-20(13-17)31-19)34-26(21)35(25(24)16-4-5-16)23-3-1-2-22(29)33-23/h1-3,6-9,12,14,16,19-20,31H,4-5,10-11,13H2,(H2,29,33)(H,30,32,34). The number of hydrogen-bond donors (Lipinski definition) is 3. The number of nitrogens with two attached hydrogens (primary N) is 1. The average molecular weight is 468 g/mol. The molecule has 5 heterocycles. The molecule has 0 spiro atoms. The fourth-order valence-electron chi connectivity index (χ4n) is 5.45. The normalized spacial score (nSPS) is 21.3. The molecule has 2 unspecified atom stereocenters. The third kappa shape index (κ3) is 3.65. The van der Waals surface area contributed by atoms with Crippen molar-refractivity contribution in [3.63, 3.8) is 0 Å². The van der Waals surface area contributed by atoms with E-state index < -0.39 is 0 Å². The number of nitrogens with zero attached hydrogens (tertiary/aromatic N) is 4. The van der Waals surface area contributed by atoms with Gasteiger partial charge in [-0.05, 0) is 67.5 Å². The van der Waals surface area contributed by atoms with E-state index in [1.165, 1.54) is 24.0 Å². The van der Waals surface area contributed by atoms with Crippen LogP contribution >= 0.6 is 0 Å². The molecule has 2 fully saturated rings. The lowest BCUT2D eigenvalue weighted by Crippen LogP contribution is -2.31. The molecular weight excluding hydrogens is 441 g/mol. The molecule has 1 saturated carbocycles. The van der Waals surface area contributed by atoms with Gasteiger partial charge >= 0.3 is 0 Å². The van der Waals surface area contributed by atoms with Gasteiger partial charge in [0.05, 0.1) is 11.1 Å². The number of aromatic nitrogens is 4. The van der Waals surface area contributed by atoms with E-state index in [1.54, 1.807) is 16.8 Å². The highest BCUT2D eigenvalue weighted by Gasteiger charge is 2.34. The summed E-state index contributed by atoms with van der Waals surface area (Å²) in [5, 5.41) is 7.32. The summed E-state index contributed by atoms with van der Waals surface area (Å²) in [6.45, 7) is 0. The molecule has 2 aliphatic heterocycles. The maximum atomic E-state index is 15.4. The number of benzene rings is 1. The minimum absolute atomic E-state index is 0.163. The van der Waals surface area contributed by atoms with E-state index in [1.807, 2.05) is 24.3 Å². The number of fused-ring (bicyclic) bond motifs is 3. The molecule has 7 nitrogen and oxygen atoms in total. The summed E-state index contributed by atoms with van der Waals surface area (Å²) in [5.41, 5.74) is 10.6. The molecule has 1 saturated heterocycles. The molecule has 4 aromatic rings. The molecule has 2 atom stereocenters. The van der Waals surface area contributed by atoms with Crippen LogP contribution in [-0.2, 0) is 0 Å². The number of pyridine rings is 1. The van der Waals surface area contributed by atoms with Crippen LogP contribution in [-0.4, -0.2) is 31.6 Å². The first-order valence-electron chi connectivity index (χ1n) is 12.3. The number of hydrogen-bond acceptors (Lipinski definition) is 6. The van der Waals surface area contributed by atoms with Gasteiger partial charge in [-0.15, -0.1) is 0 Å². The van der Waals surface area contributed by atoms with Crippen LogP contribution in [0.25, 0.3) is 22.4 Å². The first kappa shape index (κ1) is 20.6. The van der Waals surface area contributed by atoms with Gasteiger partial charge < -0.3 is 16.4 Å². The van der Waals surface area contributed by atoms with Crippen molar-refractivity contribution in [1.82, 2.24) is 24.8 Å². The number of halogens is 1. The maximum absolute atomic E-state index is 15.4. The highest BCUT2D eigenvalue weighted by molar-refractivity contribution is 5.81. The molecule has 4 N–H and O–H groups in total. The smallest absolute Gasteiger partial charge is 0.229 e. The van der Waals surface area contributed by atoms with Gasteiger partial charge in [-0.1, -0.05) is 24.3 Å². The zero-order valence-electron chi connectivity index (χ0n) is 19.2. The van der Waals surface area contributed by atoms with Gasteiger partial charge in [-0.3, -0.25) is 4.57 Å². The van der Waals surface area contributed by atoms with E-state index in [9.17, 15) is 0 Å². The van der Waals surface area contributed by atoms with Crippen molar-refractivity contribution >= 4 is 34.1 Å². The van der Waals surface area contributed by atoms with Crippen molar-refractivity contribution in [1.29, 1.82) is 0 Å². The fraction of sp³-hybridized carbons (Fsp3) is 0.296. The van der Waals surface area contributed by atoms with Gasteiger partial charge in [-0.25, -0.2) is 14.4 Å². The Bertz CT molecular complexity index is 1470. The third-order valence-electron chi connectivity index (χ3n) is 7.29. The van der Waals surface area contributed by atoms with Crippen LogP contribution in [0.1, 0.15) is 49.3 Å². The van der Waals surface area contributed by atoms with E-state index in [0.717, 1.165) is 24.9 Å². The van der Waals surface area contributed by atoms with Crippen LogP contribution in [0.15, 0.2) is 54.7 Å². The van der Waals surface area contributed by atoms with Crippen LogP contribution in [0.3, 0.4) is 0 Å². The lowest BCUT2D eigenvalue weighted by Gasteiger charge is -2.21. The molecule has 2 bridgehead atoms. The number of nitrogen functional groups attached to an aromatic ring is 1. The van der Waals surface area contributed by atoms with E-state index in [2.05, 4.69) is 38.8 Å². The SMILES string of the molecule is Nc1cccc(-n2c(C3CC3)c(F)c3cnc(Nc4ccc(C5=CC6CCC(C5)N6)cc4)nc32)n1. The number of rotatable bonds is 5. The van der Waals surface area contributed by atoms with Gasteiger partial charge in [0.1, 0.15) is 11.6 Å². The van der Waals surface area contributed by atoms with E-state index in [-0.39, 0.29) is 11.7 Å². The quantitative estimate of drug-likeness (QED) is 0.380. The van der Waals surface area contributed by atoms with E-state index in [4.69, 9.17) is 10.7 Å². The zero-order valence-corrected chi connectivity index (χ0v) is 19.2. The maximum Gasteiger partial charge on any atom is 0.229 e. The van der Waals surface area contributed by atoms with E-state index in [0.29, 0.717) is 46.4 Å². The van der Waals surface area contributed by atoms with Crippen LogP contribution in [0.4, 0.5) is 21.8 Å². The molecule has 3 aliphatic rings. The molecule has 1 aliphatic carbocycles. The van der Waals surface area contributed by atoms with Gasteiger partial charge in [0, 0.05) is 29.9 Å². The van der Waals surface area contributed by atoms with Crippen molar-refractivity contribution < 1.29 is 4.39 Å². The molecular formula is C27H26FN7. The first-order valence-corrected chi connectivity index (χ1v) is 12.3. The third-order valence-corrected chi connectivity index (χ3v) is 7.29. The Morgan fingerprint density at radius 3 is 2.66 bits per heavy atom. The van der Waals surface area contributed by atoms with Crippen molar-refractivity contribution in [3.05, 3.63) is 71.8 Å². The van der Waals surface area contributed by atoms with Gasteiger partial charge in [0.25, 0.3) is 0 Å². The Morgan fingerprint density at radius 2 is 1.89 bits per heavy atom. The monoisotopic (exact) mass is 467 g/mol.